The second-order valence-electron chi connectivity index (χ2n) is 6.77. The fraction of sp³-hybridized carbons (Fsp3) is 0.250. The molecule has 0 radical (unpaired) electrons. The number of pyridine rings is 1. The first-order valence-electron chi connectivity index (χ1n) is 8.75. The minimum Gasteiger partial charge on any atom is -0.497 e. The zero-order valence-electron chi connectivity index (χ0n) is 15.4. The van der Waals surface area contributed by atoms with Gasteiger partial charge < -0.3 is 10.1 Å². The third kappa shape index (κ3) is 3.38. The summed E-state index contributed by atoms with van der Waals surface area (Å²) in [6.07, 6.45) is 0. The molecule has 1 aromatic carbocycles. The van der Waals surface area contributed by atoms with E-state index in [9.17, 15) is 4.79 Å². The van der Waals surface area contributed by atoms with E-state index >= 15 is 0 Å². The molecule has 0 aliphatic rings. The summed E-state index contributed by atoms with van der Waals surface area (Å²) in [5, 5.41) is 11.3. The van der Waals surface area contributed by atoms with Crippen molar-refractivity contribution in [2.75, 3.05) is 12.4 Å². The molecule has 0 saturated heterocycles. The predicted molar refractivity (Wildman–Crippen MR) is 109 cm³/mol. The molecular weight excluding hydrogens is 360 g/mol. The molecular formula is C20H20N4O2S. The van der Waals surface area contributed by atoms with Crippen molar-refractivity contribution in [1.82, 2.24) is 14.8 Å². The molecule has 0 bridgehead atoms. The number of amides is 1. The van der Waals surface area contributed by atoms with E-state index in [1.54, 1.807) is 13.2 Å². The first-order chi connectivity index (χ1) is 13.0. The molecule has 3 aromatic heterocycles. The van der Waals surface area contributed by atoms with E-state index in [1.807, 2.05) is 40.4 Å². The lowest BCUT2D eigenvalue weighted by molar-refractivity contribution is 0.103. The van der Waals surface area contributed by atoms with E-state index < -0.39 is 0 Å². The highest BCUT2D eigenvalue weighted by molar-refractivity contribution is 7.12. The summed E-state index contributed by atoms with van der Waals surface area (Å²) in [6.45, 7) is 4.97. The summed E-state index contributed by atoms with van der Waals surface area (Å²) in [5.74, 6) is 1.54. The maximum Gasteiger partial charge on any atom is 0.266 e. The number of anilines is 1. The van der Waals surface area contributed by atoms with Crippen LogP contribution >= 0.6 is 11.3 Å². The average Bonchev–Trinajstić information content (AvgIpc) is 3.29. The molecule has 4 rings (SSSR count). The number of aromatic nitrogens is 3. The molecule has 1 amide bonds. The quantitative estimate of drug-likeness (QED) is 0.551. The van der Waals surface area contributed by atoms with Gasteiger partial charge in [-0.15, -0.1) is 11.3 Å². The van der Waals surface area contributed by atoms with Crippen molar-refractivity contribution in [3.05, 3.63) is 46.7 Å². The van der Waals surface area contributed by atoms with Gasteiger partial charge >= 0.3 is 0 Å². The third-order valence-corrected chi connectivity index (χ3v) is 5.11. The van der Waals surface area contributed by atoms with E-state index in [-0.39, 0.29) is 5.91 Å². The topological polar surface area (TPSA) is 69.0 Å². The summed E-state index contributed by atoms with van der Waals surface area (Å²) in [5.41, 5.74) is 1.59. The minimum atomic E-state index is -0.157. The van der Waals surface area contributed by atoms with E-state index in [0.29, 0.717) is 23.2 Å². The first kappa shape index (κ1) is 17.5. The van der Waals surface area contributed by atoms with Crippen molar-refractivity contribution < 1.29 is 9.53 Å². The largest absolute Gasteiger partial charge is 0.497 e. The monoisotopic (exact) mass is 380 g/mol. The number of fused-ring (bicyclic) bond motifs is 2. The van der Waals surface area contributed by atoms with Crippen molar-refractivity contribution in [3.8, 4) is 5.75 Å². The summed E-state index contributed by atoms with van der Waals surface area (Å²) >= 11 is 1.40. The lowest BCUT2D eigenvalue weighted by atomic mass is 10.1. The molecule has 4 aromatic rings. The Morgan fingerprint density at radius 2 is 2.15 bits per heavy atom. The molecule has 0 aliphatic carbocycles. The van der Waals surface area contributed by atoms with Crippen LogP contribution in [0.1, 0.15) is 23.5 Å². The number of ether oxygens (including phenoxy) is 1. The van der Waals surface area contributed by atoms with Gasteiger partial charge in [-0.3, -0.25) is 4.79 Å². The summed E-state index contributed by atoms with van der Waals surface area (Å²) in [6, 6.07) is 11.4. The van der Waals surface area contributed by atoms with Gasteiger partial charge in [0.1, 0.15) is 5.75 Å². The molecule has 0 fully saturated rings. The van der Waals surface area contributed by atoms with E-state index in [0.717, 1.165) is 27.7 Å². The molecule has 0 unspecified atom stereocenters. The number of carbonyl (C=O) groups excluding carboxylic acids is 1. The number of thiophene rings is 1. The summed E-state index contributed by atoms with van der Waals surface area (Å²) < 4.78 is 7.17. The molecule has 7 heteroatoms. The number of rotatable bonds is 5. The molecule has 0 spiro atoms. The predicted octanol–water partition coefficient (Wildman–Crippen LogP) is 4.56. The van der Waals surface area contributed by atoms with Gasteiger partial charge in [0.25, 0.3) is 5.91 Å². The number of methoxy groups -OCH3 is 1. The van der Waals surface area contributed by atoms with E-state index in [1.165, 1.54) is 11.3 Å². The second-order valence-corrected chi connectivity index (χ2v) is 7.72. The van der Waals surface area contributed by atoms with Gasteiger partial charge in [-0.2, -0.15) is 5.10 Å². The van der Waals surface area contributed by atoms with Gasteiger partial charge in [-0.05, 0) is 35.6 Å². The Bertz CT molecular complexity index is 1120. The molecule has 0 aliphatic heterocycles. The molecule has 138 valence electrons. The fourth-order valence-corrected chi connectivity index (χ4v) is 3.62. The average molecular weight is 380 g/mol. The van der Waals surface area contributed by atoms with Gasteiger partial charge in [-0.25, -0.2) is 9.67 Å². The van der Waals surface area contributed by atoms with Crippen LogP contribution in [0.4, 0.5) is 5.82 Å². The lowest BCUT2D eigenvalue weighted by Gasteiger charge is -2.06. The Morgan fingerprint density at radius 1 is 1.30 bits per heavy atom. The Labute approximate surface area is 160 Å². The number of nitrogens with zero attached hydrogens (tertiary/aromatic N) is 3. The Hall–Kier alpha value is -2.93. The maximum atomic E-state index is 12.5. The number of benzene rings is 1. The van der Waals surface area contributed by atoms with Gasteiger partial charge in [-0.1, -0.05) is 19.9 Å². The van der Waals surface area contributed by atoms with Crippen LogP contribution in [0.25, 0.3) is 21.9 Å². The van der Waals surface area contributed by atoms with Crippen LogP contribution in [-0.2, 0) is 6.54 Å². The molecule has 3 heterocycles. The van der Waals surface area contributed by atoms with Crippen molar-refractivity contribution >= 4 is 45.0 Å². The van der Waals surface area contributed by atoms with Gasteiger partial charge in [0.15, 0.2) is 11.5 Å². The van der Waals surface area contributed by atoms with Crippen LogP contribution in [0, 0.1) is 5.92 Å². The SMILES string of the molecule is COc1ccc2cc3c(NC(=O)c4cccs4)nn(CC(C)C)c3nc2c1. The third-order valence-electron chi connectivity index (χ3n) is 4.24. The zero-order chi connectivity index (χ0) is 19.0. The number of carbonyl (C=O) groups is 1. The second kappa shape index (κ2) is 7.00. The lowest BCUT2D eigenvalue weighted by Crippen LogP contribution is -2.12. The van der Waals surface area contributed by atoms with Crippen LogP contribution in [0.2, 0.25) is 0 Å². The Morgan fingerprint density at radius 3 is 2.85 bits per heavy atom. The van der Waals surface area contributed by atoms with Crippen molar-refractivity contribution in [2.45, 2.75) is 20.4 Å². The Kier molecular flexibility index (Phi) is 4.53. The summed E-state index contributed by atoms with van der Waals surface area (Å²) in [4.78, 5) is 18.0. The molecule has 27 heavy (non-hydrogen) atoms. The number of hydrogen-bond donors (Lipinski definition) is 1. The number of nitrogens with one attached hydrogen (secondary N) is 1. The molecule has 1 N–H and O–H groups in total. The van der Waals surface area contributed by atoms with Crippen LogP contribution < -0.4 is 10.1 Å². The van der Waals surface area contributed by atoms with Crippen molar-refractivity contribution in [2.24, 2.45) is 5.92 Å². The first-order valence-corrected chi connectivity index (χ1v) is 9.63. The van der Waals surface area contributed by atoms with Crippen LogP contribution in [-0.4, -0.2) is 27.8 Å². The van der Waals surface area contributed by atoms with Crippen LogP contribution in [0.5, 0.6) is 5.75 Å². The van der Waals surface area contributed by atoms with Gasteiger partial charge in [0.2, 0.25) is 0 Å². The zero-order valence-corrected chi connectivity index (χ0v) is 16.2. The highest BCUT2D eigenvalue weighted by atomic mass is 32.1. The number of hydrogen-bond acceptors (Lipinski definition) is 5. The fourth-order valence-electron chi connectivity index (χ4n) is 3.00. The van der Waals surface area contributed by atoms with Crippen LogP contribution in [0.3, 0.4) is 0 Å². The standard InChI is InChI=1S/C20H20N4O2S/c1-12(2)11-24-19-15(9-13-6-7-14(26-3)10-16(13)21-19)18(23-24)22-20(25)17-5-4-8-27-17/h4-10,12H,11H2,1-3H3,(H,22,23,25). The van der Waals surface area contributed by atoms with Crippen molar-refractivity contribution in [1.29, 1.82) is 0 Å². The van der Waals surface area contributed by atoms with Crippen molar-refractivity contribution in [3.63, 3.8) is 0 Å². The highest BCUT2D eigenvalue weighted by Gasteiger charge is 2.17. The van der Waals surface area contributed by atoms with E-state index in [2.05, 4.69) is 24.3 Å². The van der Waals surface area contributed by atoms with Gasteiger partial charge in [0, 0.05) is 18.0 Å². The smallest absolute Gasteiger partial charge is 0.266 e. The maximum absolute atomic E-state index is 12.5. The molecule has 0 saturated carbocycles. The van der Waals surface area contributed by atoms with Crippen LogP contribution in [0.15, 0.2) is 41.8 Å². The molecule has 0 atom stereocenters. The Balaban J connectivity index is 1.84. The summed E-state index contributed by atoms with van der Waals surface area (Å²) in [7, 11) is 1.64. The molecule has 6 nitrogen and oxygen atoms in total. The normalized spacial score (nSPS) is 11.4. The van der Waals surface area contributed by atoms with Gasteiger partial charge in [0.05, 0.1) is 22.9 Å². The minimum absolute atomic E-state index is 0.157. The highest BCUT2D eigenvalue weighted by Crippen LogP contribution is 2.29. The van der Waals surface area contributed by atoms with E-state index in [4.69, 9.17) is 9.72 Å².